The first-order valence-corrected chi connectivity index (χ1v) is 24.6. The van der Waals surface area contributed by atoms with Gasteiger partial charge in [0.1, 0.15) is 48.3 Å². The number of nitrogens with zero attached hydrogens (tertiary/aromatic N) is 1. The van der Waals surface area contributed by atoms with Gasteiger partial charge in [-0.2, -0.15) is 0 Å². The third kappa shape index (κ3) is 21.1. The first kappa shape index (κ1) is 62.4. The summed E-state index contributed by atoms with van der Waals surface area (Å²) >= 11 is 0. The number of carbonyl (C=O) groups excluding carboxylic acids is 8. The lowest BCUT2D eigenvalue weighted by Crippen LogP contribution is -2.62. The van der Waals surface area contributed by atoms with Gasteiger partial charge in [-0.15, -0.1) is 0 Å². The van der Waals surface area contributed by atoms with E-state index < -0.39 is 151 Å². The van der Waals surface area contributed by atoms with Crippen molar-refractivity contribution in [3.05, 3.63) is 35.9 Å². The van der Waals surface area contributed by atoms with Gasteiger partial charge in [-0.05, 0) is 82.7 Å². The summed E-state index contributed by atoms with van der Waals surface area (Å²) < 4.78 is 0. The van der Waals surface area contributed by atoms with Crippen LogP contribution in [0.3, 0.4) is 0 Å². The van der Waals surface area contributed by atoms with E-state index in [2.05, 4.69) is 37.2 Å². The summed E-state index contributed by atoms with van der Waals surface area (Å²) in [7, 11) is 0. The number of carboxylic acids is 3. The van der Waals surface area contributed by atoms with Crippen LogP contribution < -0.4 is 48.7 Å². The average Bonchev–Trinajstić information content (AvgIpc) is 3.82. The lowest BCUT2D eigenvalue weighted by molar-refractivity contribution is -0.146. The molecular formula is C48H76N10O15. The van der Waals surface area contributed by atoms with Gasteiger partial charge >= 0.3 is 17.9 Å². The molecule has 73 heavy (non-hydrogen) atoms. The highest BCUT2D eigenvalue weighted by molar-refractivity contribution is 5.99. The molecule has 408 valence electrons. The van der Waals surface area contributed by atoms with E-state index in [1.54, 1.807) is 58.0 Å². The van der Waals surface area contributed by atoms with E-state index in [0.717, 1.165) is 4.90 Å². The Morgan fingerprint density at radius 2 is 1.21 bits per heavy atom. The number of likely N-dealkylation sites (tertiary alicyclic amines) is 1. The molecule has 1 aliphatic heterocycles. The predicted octanol–water partition coefficient (Wildman–Crippen LogP) is -2.01. The normalized spacial score (nSPS) is 17.4. The maximum absolute atomic E-state index is 14.2. The van der Waals surface area contributed by atoms with Gasteiger partial charge in [0.15, 0.2) is 0 Å². The molecule has 1 aromatic rings. The van der Waals surface area contributed by atoms with Crippen LogP contribution in [0.15, 0.2) is 30.3 Å². The molecule has 11 atom stereocenters. The Bertz CT molecular complexity index is 2070. The Kier molecular flexibility index (Phi) is 26.5. The molecule has 0 saturated carbocycles. The lowest BCUT2D eigenvalue weighted by atomic mass is 9.96. The van der Waals surface area contributed by atoms with Gasteiger partial charge < -0.3 is 74.0 Å². The van der Waals surface area contributed by atoms with Gasteiger partial charge in [-0.25, -0.2) is 4.79 Å². The minimum absolute atomic E-state index is 0.00413. The number of nitrogens with two attached hydrogens (primary N) is 2. The van der Waals surface area contributed by atoms with Crippen molar-refractivity contribution >= 4 is 65.2 Å². The Balaban J connectivity index is 2.35. The SMILES string of the molecule is CC[C@H](C)[C@H](NC(=O)[C@H](CC(=O)O)NC(=O)[C@@H]1CCCN1C(=O)[C@@H](NC(=O)[C@H](CCC(=O)O)NC(=O)[C@H](C)N)[C@@H](C)O)C(=O)N[C@@H](CCCCN)C(=O)N[C@@H](CC(C)C)C(=O)N[C@@H](Cc1ccccc1)C(=O)O. The number of rotatable bonds is 32. The van der Waals surface area contributed by atoms with Gasteiger partial charge in [0, 0.05) is 19.4 Å². The fourth-order valence-electron chi connectivity index (χ4n) is 7.89. The molecule has 25 heteroatoms. The van der Waals surface area contributed by atoms with Crippen molar-refractivity contribution in [3.8, 4) is 0 Å². The van der Waals surface area contributed by atoms with Crippen molar-refractivity contribution in [3.63, 3.8) is 0 Å². The van der Waals surface area contributed by atoms with Crippen molar-refractivity contribution < 1.29 is 73.2 Å². The van der Waals surface area contributed by atoms with Crippen LogP contribution in [0.2, 0.25) is 0 Å². The van der Waals surface area contributed by atoms with Crippen molar-refractivity contribution in [2.75, 3.05) is 13.1 Å². The second-order valence-electron chi connectivity index (χ2n) is 18.9. The molecule has 25 nitrogen and oxygen atoms in total. The summed E-state index contributed by atoms with van der Waals surface area (Å²) in [6.07, 6.45) is -2.16. The largest absolute Gasteiger partial charge is 0.481 e. The molecule has 1 fully saturated rings. The van der Waals surface area contributed by atoms with Crippen molar-refractivity contribution in [1.29, 1.82) is 0 Å². The number of aliphatic carboxylic acids is 3. The lowest BCUT2D eigenvalue weighted by Gasteiger charge is -2.32. The molecule has 2 rings (SSSR count). The molecule has 1 saturated heterocycles. The van der Waals surface area contributed by atoms with Crippen LogP contribution in [0.4, 0.5) is 0 Å². The van der Waals surface area contributed by atoms with Gasteiger partial charge in [-0.1, -0.05) is 64.4 Å². The number of unbranched alkanes of at least 4 members (excludes halogenated alkanes) is 1. The number of benzene rings is 1. The number of aliphatic hydroxyl groups is 1. The van der Waals surface area contributed by atoms with Crippen LogP contribution in [-0.4, -0.2) is 164 Å². The second kappa shape index (κ2) is 31.0. The highest BCUT2D eigenvalue weighted by atomic mass is 16.4. The third-order valence-electron chi connectivity index (χ3n) is 12.2. The molecule has 1 heterocycles. The quantitative estimate of drug-likeness (QED) is 0.0347. The third-order valence-corrected chi connectivity index (χ3v) is 12.2. The van der Waals surface area contributed by atoms with Crippen LogP contribution in [0.1, 0.15) is 111 Å². The van der Waals surface area contributed by atoms with Gasteiger partial charge in [-0.3, -0.25) is 47.9 Å². The smallest absolute Gasteiger partial charge is 0.326 e. The monoisotopic (exact) mass is 1030 g/mol. The van der Waals surface area contributed by atoms with Crippen LogP contribution in [0.5, 0.6) is 0 Å². The maximum atomic E-state index is 14.2. The highest BCUT2D eigenvalue weighted by Crippen LogP contribution is 2.21. The number of amides is 8. The standard InChI is InChI=1S/C48H76N10O15/c1-7-26(4)38(46(70)52-30(16-11-12-20-49)41(65)53-32(22-25(2)3)43(67)55-34(48(72)73)23-29-14-9-8-10-15-29)56-44(68)33(24-37(62)63)54-45(69)35-17-13-21-58(35)47(71)39(28(6)59)57-42(66)31(18-19-36(60)61)51-40(64)27(5)50/h8-10,14-15,25-28,30-35,38-39,59H,7,11-13,16-24,49-50H2,1-6H3,(H,51,64)(H,52,70)(H,53,65)(H,54,69)(H,55,67)(H,56,68)(H,57,66)(H,60,61)(H,62,63)(H,72,73)/t26-,27-,28+,30-,31-,32-,33-,34-,35-,38-,39-/m0/s1. The summed E-state index contributed by atoms with van der Waals surface area (Å²) in [5.74, 6) is -12.2. The van der Waals surface area contributed by atoms with Crippen LogP contribution >= 0.6 is 0 Å². The Labute approximate surface area is 424 Å². The minimum Gasteiger partial charge on any atom is -0.481 e. The second-order valence-corrected chi connectivity index (χ2v) is 18.9. The molecular weight excluding hydrogens is 957 g/mol. The fraction of sp³-hybridized carbons (Fsp3) is 0.646. The van der Waals surface area contributed by atoms with E-state index >= 15 is 0 Å². The molecule has 0 aromatic heterocycles. The van der Waals surface area contributed by atoms with Gasteiger partial charge in [0.2, 0.25) is 47.3 Å². The van der Waals surface area contributed by atoms with E-state index in [1.165, 1.54) is 13.8 Å². The van der Waals surface area contributed by atoms with E-state index in [1.807, 2.05) is 0 Å². The van der Waals surface area contributed by atoms with Crippen molar-refractivity contribution in [1.82, 2.24) is 42.1 Å². The Morgan fingerprint density at radius 1 is 0.658 bits per heavy atom. The van der Waals surface area contributed by atoms with Crippen LogP contribution in [0, 0.1) is 11.8 Å². The zero-order valence-corrected chi connectivity index (χ0v) is 42.4. The fourth-order valence-corrected chi connectivity index (χ4v) is 7.89. The molecule has 0 aliphatic carbocycles. The molecule has 8 amide bonds. The van der Waals surface area contributed by atoms with Crippen molar-refractivity contribution in [2.24, 2.45) is 23.3 Å². The van der Waals surface area contributed by atoms with E-state index in [4.69, 9.17) is 11.5 Å². The Morgan fingerprint density at radius 3 is 1.75 bits per heavy atom. The van der Waals surface area contributed by atoms with Gasteiger partial charge in [0.05, 0.1) is 18.6 Å². The molecule has 1 aromatic carbocycles. The van der Waals surface area contributed by atoms with Gasteiger partial charge in [0.25, 0.3) is 0 Å². The zero-order chi connectivity index (χ0) is 55.1. The number of carbonyl (C=O) groups is 11. The average molecular weight is 1030 g/mol. The number of aliphatic hydroxyl groups excluding tert-OH is 1. The predicted molar refractivity (Wildman–Crippen MR) is 262 cm³/mol. The molecule has 15 N–H and O–H groups in total. The first-order valence-electron chi connectivity index (χ1n) is 24.6. The van der Waals surface area contributed by atoms with E-state index in [-0.39, 0.29) is 57.5 Å². The summed E-state index contributed by atoms with van der Waals surface area (Å²) in [5, 5.41) is 57.0. The number of hydrogen-bond acceptors (Lipinski definition) is 14. The molecule has 0 bridgehead atoms. The van der Waals surface area contributed by atoms with Crippen LogP contribution in [-0.2, 0) is 59.2 Å². The molecule has 0 spiro atoms. The Hall–Kier alpha value is -6.73. The number of carboxylic acid groups (broad SMARTS) is 3. The summed E-state index contributed by atoms with van der Waals surface area (Å²) in [6.45, 7) is 9.57. The summed E-state index contributed by atoms with van der Waals surface area (Å²) in [4.78, 5) is 146. The number of hydrogen-bond donors (Lipinski definition) is 13. The van der Waals surface area contributed by atoms with Crippen LogP contribution in [0.25, 0.3) is 0 Å². The first-order chi connectivity index (χ1) is 34.3. The summed E-state index contributed by atoms with van der Waals surface area (Å²) in [5.41, 5.74) is 12.0. The summed E-state index contributed by atoms with van der Waals surface area (Å²) in [6, 6.07) is -4.12. The number of nitrogens with one attached hydrogen (secondary N) is 7. The van der Waals surface area contributed by atoms with Crippen molar-refractivity contribution in [2.45, 2.75) is 173 Å². The van der Waals surface area contributed by atoms with E-state index in [9.17, 15) is 73.2 Å². The highest BCUT2D eigenvalue weighted by Gasteiger charge is 2.42. The topological polar surface area (TPSA) is 408 Å². The minimum atomic E-state index is -1.83. The molecule has 0 unspecified atom stereocenters. The van der Waals surface area contributed by atoms with E-state index in [0.29, 0.717) is 18.4 Å². The maximum Gasteiger partial charge on any atom is 0.326 e. The molecule has 1 aliphatic rings. The molecule has 0 radical (unpaired) electrons. The zero-order valence-electron chi connectivity index (χ0n) is 42.4.